The van der Waals surface area contributed by atoms with Crippen molar-refractivity contribution in [3.63, 3.8) is 0 Å². The minimum atomic E-state index is -0.161. The molecule has 0 N–H and O–H groups in total. The fourth-order valence-electron chi connectivity index (χ4n) is 4.28. The lowest BCUT2D eigenvalue weighted by Crippen LogP contribution is -2.48. The Balaban J connectivity index is 1.49. The van der Waals surface area contributed by atoms with E-state index in [0.29, 0.717) is 30.6 Å². The average Bonchev–Trinajstić information content (AvgIpc) is 3.53. The van der Waals surface area contributed by atoms with Gasteiger partial charge < -0.3 is 14.5 Å². The number of carbonyl (C=O) groups is 2. The molecule has 0 spiro atoms. The third-order valence-electron chi connectivity index (χ3n) is 6.49. The summed E-state index contributed by atoms with van der Waals surface area (Å²) in [5.41, 5.74) is 2.12. The lowest BCUT2D eigenvalue weighted by Gasteiger charge is -2.37. The lowest BCUT2D eigenvalue weighted by molar-refractivity contribution is -0.143. The minimum Gasteiger partial charge on any atom is -0.491 e. The van der Waals surface area contributed by atoms with Crippen molar-refractivity contribution >= 4 is 34.8 Å². The second kappa shape index (κ2) is 10.5. The van der Waals surface area contributed by atoms with E-state index in [2.05, 4.69) is 25.3 Å². The van der Waals surface area contributed by atoms with Crippen molar-refractivity contribution in [3.8, 4) is 5.75 Å². The fraction of sp³-hybridized carbons (Fsp3) is 0.538. The van der Waals surface area contributed by atoms with Crippen LogP contribution in [-0.2, 0) is 16.0 Å². The summed E-state index contributed by atoms with van der Waals surface area (Å²) < 4.78 is 6.14. The summed E-state index contributed by atoms with van der Waals surface area (Å²) in [7, 11) is 0. The maximum Gasteiger partial charge on any atom is 0.242 e. The van der Waals surface area contributed by atoms with Gasteiger partial charge in [-0.15, -0.1) is 11.3 Å². The van der Waals surface area contributed by atoms with Crippen LogP contribution < -0.4 is 4.74 Å². The Kier molecular flexibility index (Phi) is 7.65. The molecule has 1 aromatic carbocycles. The van der Waals surface area contributed by atoms with E-state index in [0.717, 1.165) is 42.6 Å². The van der Waals surface area contributed by atoms with E-state index in [1.807, 2.05) is 30.0 Å². The quantitative estimate of drug-likeness (QED) is 0.468. The van der Waals surface area contributed by atoms with E-state index in [1.54, 1.807) is 16.2 Å². The van der Waals surface area contributed by atoms with Crippen LogP contribution in [0.3, 0.4) is 0 Å². The molecular formula is C26H33ClN2O3S. The highest BCUT2D eigenvalue weighted by molar-refractivity contribution is 7.10. The summed E-state index contributed by atoms with van der Waals surface area (Å²) in [5.74, 6) is 1.49. The van der Waals surface area contributed by atoms with Crippen molar-refractivity contribution in [2.24, 2.45) is 11.8 Å². The summed E-state index contributed by atoms with van der Waals surface area (Å²) in [5, 5.41) is 2.79. The SMILES string of the molecule is Cc1cc(OC[C@@H]2c3ccsc3CCN2C(=O)CN(CCC(C)C)C(=O)C2CC2)ccc1Cl. The van der Waals surface area contributed by atoms with Gasteiger partial charge in [0.25, 0.3) is 0 Å². The van der Waals surface area contributed by atoms with Crippen molar-refractivity contribution in [2.75, 3.05) is 26.2 Å². The number of ether oxygens (including phenoxy) is 1. The zero-order valence-corrected chi connectivity index (χ0v) is 21.3. The summed E-state index contributed by atoms with van der Waals surface area (Å²) in [6.45, 7) is 8.06. The van der Waals surface area contributed by atoms with E-state index >= 15 is 0 Å². The van der Waals surface area contributed by atoms with E-state index < -0.39 is 0 Å². The second-order valence-electron chi connectivity index (χ2n) is 9.59. The van der Waals surface area contributed by atoms with Crippen LogP contribution in [0.4, 0.5) is 0 Å². The summed E-state index contributed by atoms with van der Waals surface area (Å²) >= 11 is 7.89. The monoisotopic (exact) mass is 488 g/mol. The number of hydrogen-bond acceptors (Lipinski definition) is 4. The molecule has 2 aliphatic rings. The van der Waals surface area contributed by atoms with Gasteiger partial charge in [-0.3, -0.25) is 9.59 Å². The van der Waals surface area contributed by atoms with Crippen molar-refractivity contribution in [2.45, 2.75) is 52.5 Å². The minimum absolute atomic E-state index is 0.00509. The van der Waals surface area contributed by atoms with Crippen molar-refractivity contribution in [1.29, 1.82) is 0 Å². The van der Waals surface area contributed by atoms with Crippen molar-refractivity contribution in [1.82, 2.24) is 9.80 Å². The van der Waals surface area contributed by atoms with Crippen LogP contribution in [0.1, 0.15) is 55.2 Å². The van der Waals surface area contributed by atoms with Gasteiger partial charge in [-0.1, -0.05) is 25.4 Å². The molecule has 1 fully saturated rings. The first-order chi connectivity index (χ1) is 15.8. The Morgan fingerprint density at radius 1 is 1.27 bits per heavy atom. The number of fused-ring (bicyclic) bond motifs is 1. The number of carbonyl (C=O) groups excluding carboxylic acids is 2. The molecule has 2 amide bonds. The molecule has 1 aliphatic carbocycles. The van der Waals surface area contributed by atoms with Gasteiger partial charge in [-0.2, -0.15) is 0 Å². The van der Waals surface area contributed by atoms with Crippen molar-refractivity contribution in [3.05, 3.63) is 50.7 Å². The van der Waals surface area contributed by atoms with Gasteiger partial charge in [0.05, 0.1) is 12.6 Å². The number of hydrogen-bond donors (Lipinski definition) is 0. The predicted molar refractivity (Wildman–Crippen MR) is 133 cm³/mol. The third-order valence-corrected chi connectivity index (χ3v) is 7.91. The van der Waals surface area contributed by atoms with E-state index in [9.17, 15) is 9.59 Å². The van der Waals surface area contributed by atoms with E-state index in [4.69, 9.17) is 16.3 Å². The van der Waals surface area contributed by atoms with E-state index in [1.165, 1.54) is 4.88 Å². The number of benzene rings is 1. The lowest BCUT2D eigenvalue weighted by atomic mass is 10.00. The Hall–Kier alpha value is -2.05. The first-order valence-electron chi connectivity index (χ1n) is 11.9. The van der Waals surface area contributed by atoms with Crippen LogP contribution in [-0.4, -0.2) is 47.9 Å². The van der Waals surface area contributed by atoms with Gasteiger partial charge in [0.2, 0.25) is 11.8 Å². The van der Waals surface area contributed by atoms with Gasteiger partial charge in [-0.05, 0) is 79.3 Å². The molecule has 1 aromatic heterocycles. The number of amides is 2. The van der Waals surface area contributed by atoms with Gasteiger partial charge in [0.1, 0.15) is 12.4 Å². The van der Waals surface area contributed by atoms with E-state index in [-0.39, 0.29) is 30.3 Å². The molecule has 178 valence electrons. The molecule has 2 aromatic rings. The Morgan fingerprint density at radius 2 is 2.06 bits per heavy atom. The Labute approximate surface area is 205 Å². The predicted octanol–water partition coefficient (Wildman–Crippen LogP) is 5.50. The molecule has 5 nitrogen and oxygen atoms in total. The summed E-state index contributed by atoms with van der Waals surface area (Å²) in [6.07, 6.45) is 3.65. The molecule has 2 heterocycles. The van der Waals surface area contributed by atoms with Crippen LogP contribution in [0, 0.1) is 18.8 Å². The van der Waals surface area contributed by atoms with Crippen LogP contribution in [0.5, 0.6) is 5.75 Å². The van der Waals surface area contributed by atoms with Crippen LogP contribution >= 0.6 is 22.9 Å². The topological polar surface area (TPSA) is 49.9 Å². The number of halogens is 1. The van der Waals surface area contributed by atoms with Crippen LogP contribution in [0.2, 0.25) is 5.02 Å². The zero-order valence-electron chi connectivity index (χ0n) is 19.7. The first kappa shape index (κ1) is 24.1. The summed E-state index contributed by atoms with van der Waals surface area (Å²) in [6, 6.07) is 7.56. The fourth-order valence-corrected chi connectivity index (χ4v) is 5.33. The molecule has 1 atom stereocenters. The Bertz CT molecular complexity index is 1000. The van der Waals surface area contributed by atoms with Crippen molar-refractivity contribution < 1.29 is 14.3 Å². The normalized spacial score (nSPS) is 17.7. The van der Waals surface area contributed by atoms with Gasteiger partial charge in [0, 0.05) is 28.9 Å². The molecule has 1 saturated carbocycles. The number of nitrogens with zero attached hydrogens (tertiary/aromatic N) is 2. The average molecular weight is 489 g/mol. The molecule has 0 bridgehead atoms. The van der Waals surface area contributed by atoms with Gasteiger partial charge >= 0.3 is 0 Å². The standard InChI is InChI=1S/C26H33ClN2O3S/c1-17(2)8-11-28(26(31)19-4-5-19)15-25(30)29-12-9-24-21(10-13-33-24)23(29)16-32-20-6-7-22(27)18(3)14-20/h6-7,10,13-14,17,19,23H,4-5,8-9,11-12,15-16H2,1-3H3/t23-/m1/s1. The molecule has 0 unspecified atom stereocenters. The molecule has 4 rings (SSSR count). The highest BCUT2D eigenvalue weighted by Crippen LogP contribution is 2.35. The maximum atomic E-state index is 13.5. The highest BCUT2D eigenvalue weighted by Gasteiger charge is 2.37. The highest BCUT2D eigenvalue weighted by atomic mass is 35.5. The molecular weight excluding hydrogens is 456 g/mol. The maximum absolute atomic E-state index is 13.5. The largest absolute Gasteiger partial charge is 0.491 e. The van der Waals surface area contributed by atoms with Crippen LogP contribution in [0.15, 0.2) is 29.6 Å². The zero-order chi connectivity index (χ0) is 23.5. The Morgan fingerprint density at radius 3 is 2.76 bits per heavy atom. The number of aryl methyl sites for hydroxylation is 1. The summed E-state index contributed by atoms with van der Waals surface area (Å²) in [4.78, 5) is 31.4. The van der Waals surface area contributed by atoms with Gasteiger partial charge in [0.15, 0.2) is 0 Å². The number of rotatable bonds is 9. The molecule has 33 heavy (non-hydrogen) atoms. The van der Waals surface area contributed by atoms with Crippen LogP contribution in [0.25, 0.3) is 0 Å². The molecule has 7 heteroatoms. The first-order valence-corrected chi connectivity index (χ1v) is 13.1. The third kappa shape index (κ3) is 5.90. The molecule has 1 aliphatic heterocycles. The second-order valence-corrected chi connectivity index (χ2v) is 11.0. The number of thiophene rings is 1. The van der Waals surface area contributed by atoms with Gasteiger partial charge in [-0.25, -0.2) is 0 Å². The molecule has 0 saturated heterocycles. The molecule has 0 radical (unpaired) electrons. The smallest absolute Gasteiger partial charge is 0.242 e.